The number of hydrogen-bond donors (Lipinski definition) is 2. The molecule has 0 bridgehead atoms. The number of allylic oxidation sites excluding steroid dienone is 4. The van der Waals surface area contributed by atoms with Crippen LogP contribution < -0.4 is 0 Å². The lowest BCUT2D eigenvalue weighted by Crippen LogP contribution is -2.37. The summed E-state index contributed by atoms with van der Waals surface area (Å²) in [6, 6.07) is 0. The monoisotopic (exact) mass is 418 g/mol. The number of halogens is 1. The van der Waals surface area contributed by atoms with Crippen LogP contribution in [0.4, 0.5) is 4.39 Å². The van der Waals surface area contributed by atoms with E-state index in [1.165, 1.54) is 43.3 Å². The molecule has 1 unspecified atom stereocenters. The molecular formula is C27H43FO2. The summed E-state index contributed by atoms with van der Waals surface area (Å²) in [4.78, 5) is 0. The molecule has 3 aliphatic rings. The minimum Gasteiger partial charge on any atom is -0.393 e. The smallest absolute Gasteiger partial charge is 0.128 e. The van der Waals surface area contributed by atoms with Crippen LogP contribution in [0.3, 0.4) is 0 Å². The van der Waals surface area contributed by atoms with Gasteiger partial charge in [-0.05, 0) is 107 Å². The first kappa shape index (κ1) is 23.7. The van der Waals surface area contributed by atoms with Crippen molar-refractivity contribution >= 4 is 0 Å². The van der Waals surface area contributed by atoms with E-state index >= 15 is 0 Å². The molecular weight excluding hydrogens is 375 g/mol. The highest BCUT2D eigenvalue weighted by molar-refractivity contribution is 5.36. The lowest BCUT2D eigenvalue weighted by molar-refractivity contribution is -0.0119. The van der Waals surface area contributed by atoms with E-state index in [1.54, 1.807) is 19.4 Å². The Kier molecular flexibility index (Phi) is 7.34. The quantitative estimate of drug-likeness (QED) is 0.505. The molecule has 2 N–H and O–H groups in total. The number of alkyl halides is 1. The zero-order valence-corrected chi connectivity index (χ0v) is 19.6. The van der Waals surface area contributed by atoms with Crippen LogP contribution in [-0.4, -0.2) is 28.1 Å². The highest BCUT2D eigenvalue weighted by Gasteiger charge is 2.50. The summed E-state index contributed by atoms with van der Waals surface area (Å²) >= 11 is 0. The van der Waals surface area contributed by atoms with Crippen LogP contribution in [-0.2, 0) is 0 Å². The van der Waals surface area contributed by atoms with Crippen LogP contribution in [0.1, 0.15) is 91.9 Å². The molecule has 3 saturated carbocycles. The Hall–Kier alpha value is -0.930. The molecule has 0 amide bonds. The second kappa shape index (κ2) is 9.28. The Morgan fingerprint density at radius 2 is 1.93 bits per heavy atom. The maximum Gasteiger partial charge on any atom is 0.128 e. The maximum absolute atomic E-state index is 14.3. The van der Waals surface area contributed by atoms with Gasteiger partial charge in [0.05, 0.1) is 11.7 Å². The van der Waals surface area contributed by atoms with E-state index in [4.69, 9.17) is 0 Å². The largest absolute Gasteiger partial charge is 0.393 e. The predicted molar refractivity (Wildman–Crippen MR) is 123 cm³/mol. The molecule has 0 aromatic rings. The van der Waals surface area contributed by atoms with Gasteiger partial charge < -0.3 is 10.2 Å². The topological polar surface area (TPSA) is 40.5 Å². The fourth-order valence-corrected chi connectivity index (χ4v) is 6.57. The highest BCUT2D eigenvalue weighted by Crippen LogP contribution is 2.60. The first-order chi connectivity index (χ1) is 14.0. The van der Waals surface area contributed by atoms with Crippen molar-refractivity contribution in [2.75, 3.05) is 0 Å². The summed E-state index contributed by atoms with van der Waals surface area (Å²) in [7, 11) is 0. The van der Waals surface area contributed by atoms with Crippen molar-refractivity contribution in [3.63, 3.8) is 0 Å². The average molecular weight is 419 g/mol. The average Bonchev–Trinajstić information content (AvgIpc) is 3.03. The number of rotatable bonds is 6. The molecule has 3 aliphatic carbocycles. The molecule has 0 radical (unpaired) electrons. The van der Waals surface area contributed by atoms with E-state index in [1.807, 2.05) is 0 Å². The summed E-state index contributed by atoms with van der Waals surface area (Å²) < 4.78 is 14.3. The molecule has 3 rings (SSSR count). The van der Waals surface area contributed by atoms with E-state index in [2.05, 4.69) is 32.6 Å². The lowest BCUT2D eigenvalue weighted by Gasteiger charge is -2.44. The van der Waals surface area contributed by atoms with Crippen molar-refractivity contribution in [1.82, 2.24) is 0 Å². The molecule has 0 aromatic carbocycles. The maximum atomic E-state index is 14.3. The molecule has 3 fully saturated rings. The van der Waals surface area contributed by atoms with Crippen molar-refractivity contribution in [1.29, 1.82) is 0 Å². The van der Waals surface area contributed by atoms with Crippen LogP contribution in [0.15, 0.2) is 35.5 Å². The second-order valence-electron chi connectivity index (χ2n) is 11.2. The minimum absolute atomic E-state index is 0.225. The fourth-order valence-electron chi connectivity index (χ4n) is 6.57. The van der Waals surface area contributed by atoms with Crippen LogP contribution >= 0.6 is 0 Å². The second-order valence-corrected chi connectivity index (χ2v) is 11.2. The SMILES string of the molecule is C=C1CC[C@H](O)C/C1=C/C=C1\CCC[C@]2(C)[C@@H]([C@H](C)CCC(F)C(C)(C)O)CC[C@@H]12. The van der Waals surface area contributed by atoms with Crippen molar-refractivity contribution in [2.24, 2.45) is 23.2 Å². The van der Waals surface area contributed by atoms with Gasteiger partial charge >= 0.3 is 0 Å². The zero-order chi connectivity index (χ0) is 22.1. The van der Waals surface area contributed by atoms with Gasteiger partial charge in [0.1, 0.15) is 6.17 Å². The van der Waals surface area contributed by atoms with Crippen LogP contribution in [0.25, 0.3) is 0 Å². The molecule has 6 atom stereocenters. The normalized spacial score (nSPS) is 37.4. The summed E-state index contributed by atoms with van der Waals surface area (Å²) in [5.74, 6) is 1.72. The van der Waals surface area contributed by atoms with Crippen LogP contribution in [0, 0.1) is 23.2 Å². The molecule has 0 spiro atoms. The predicted octanol–water partition coefficient (Wildman–Crippen LogP) is 6.68. The first-order valence-corrected chi connectivity index (χ1v) is 12.1. The highest BCUT2D eigenvalue weighted by atomic mass is 19.1. The molecule has 170 valence electrons. The van der Waals surface area contributed by atoms with Gasteiger partial charge in [-0.1, -0.05) is 43.7 Å². The standard InChI is InChI=1S/C27H43FO2/c1-18-8-12-22(29)17-21(18)11-10-20-7-6-16-27(5)23(13-14-24(20)27)19(2)9-15-25(28)26(3,4)30/h10-11,19,22-25,29-30H,1,6-9,12-17H2,2-5H3/b20-10+,21-11-/t19-,22+,23-,24+,25?,27-/m1/s1. The number of fused-ring (bicyclic) bond motifs is 1. The molecule has 30 heavy (non-hydrogen) atoms. The fraction of sp³-hybridized carbons (Fsp3) is 0.778. The van der Waals surface area contributed by atoms with E-state index in [9.17, 15) is 14.6 Å². The molecule has 2 nitrogen and oxygen atoms in total. The molecule has 0 aliphatic heterocycles. The third kappa shape index (κ3) is 5.10. The van der Waals surface area contributed by atoms with Gasteiger partial charge in [0, 0.05) is 0 Å². The van der Waals surface area contributed by atoms with Crippen molar-refractivity contribution in [2.45, 2.75) is 110 Å². The lowest BCUT2D eigenvalue weighted by atomic mass is 9.60. The Bertz CT molecular complexity index is 685. The van der Waals surface area contributed by atoms with Gasteiger partial charge in [-0.2, -0.15) is 0 Å². The molecule has 0 saturated heterocycles. The summed E-state index contributed by atoms with van der Waals surface area (Å²) in [5.41, 5.74) is 3.02. The third-order valence-corrected chi connectivity index (χ3v) is 8.55. The number of aliphatic hydroxyl groups is 2. The van der Waals surface area contributed by atoms with Gasteiger partial charge in [0.25, 0.3) is 0 Å². The first-order valence-electron chi connectivity index (χ1n) is 12.1. The Labute approximate surface area is 183 Å². The van der Waals surface area contributed by atoms with Crippen molar-refractivity contribution in [3.05, 3.63) is 35.5 Å². The van der Waals surface area contributed by atoms with Gasteiger partial charge in [-0.3, -0.25) is 0 Å². The summed E-state index contributed by atoms with van der Waals surface area (Å²) in [6.07, 6.45) is 13.1. The Morgan fingerprint density at radius 3 is 2.63 bits per heavy atom. The Balaban J connectivity index is 1.69. The number of aliphatic hydroxyl groups excluding tert-OH is 1. The van der Waals surface area contributed by atoms with E-state index in [-0.39, 0.29) is 6.10 Å². The van der Waals surface area contributed by atoms with Crippen molar-refractivity contribution in [3.8, 4) is 0 Å². The van der Waals surface area contributed by atoms with Crippen LogP contribution in [0.2, 0.25) is 0 Å². The number of hydrogen-bond acceptors (Lipinski definition) is 2. The molecule has 0 aromatic heterocycles. The zero-order valence-electron chi connectivity index (χ0n) is 19.6. The molecule has 0 heterocycles. The third-order valence-electron chi connectivity index (χ3n) is 8.55. The summed E-state index contributed by atoms with van der Waals surface area (Å²) in [6.45, 7) is 12.1. The van der Waals surface area contributed by atoms with Crippen LogP contribution in [0.5, 0.6) is 0 Å². The Morgan fingerprint density at radius 1 is 1.20 bits per heavy atom. The van der Waals surface area contributed by atoms with Gasteiger partial charge in [0.15, 0.2) is 0 Å². The minimum atomic E-state index is -1.24. The van der Waals surface area contributed by atoms with E-state index in [0.29, 0.717) is 29.6 Å². The molecule has 3 heteroatoms. The van der Waals surface area contributed by atoms with Gasteiger partial charge in [-0.25, -0.2) is 4.39 Å². The van der Waals surface area contributed by atoms with Gasteiger partial charge in [-0.15, -0.1) is 0 Å². The van der Waals surface area contributed by atoms with Crippen molar-refractivity contribution < 1.29 is 14.6 Å². The summed E-state index contributed by atoms with van der Waals surface area (Å²) in [5, 5.41) is 19.9. The van der Waals surface area contributed by atoms with Gasteiger partial charge in [0.2, 0.25) is 0 Å². The van der Waals surface area contributed by atoms with E-state index < -0.39 is 11.8 Å². The van der Waals surface area contributed by atoms with E-state index in [0.717, 1.165) is 25.7 Å².